The monoisotopic (exact) mass is 457 g/mol. The lowest BCUT2D eigenvalue weighted by Gasteiger charge is -2.11. The number of rotatable bonds is 12. The van der Waals surface area contributed by atoms with Crippen LogP contribution in [0.2, 0.25) is 0 Å². The van der Waals surface area contributed by atoms with Crippen LogP contribution in [0.3, 0.4) is 0 Å². The van der Waals surface area contributed by atoms with Gasteiger partial charge in [0.2, 0.25) is 17.7 Å². The molecule has 3 rings (SSSR count). The van der Waals surface area contributed by atoms with Crippen LogP contribution in [-0.2, 0) is 0 Å². The van der Waals surface area contributed by atoms with Crippen molar-refractivity contribution in [3.63, 3.8) is 0 Å². The van der Waals surface area contributed by atoms with Crippen LogP contribution in [0.15, 0.2) is 19.5 Å². The molecule has 0 saturated carbocycles. The molecule has 0 aliphatic carbocycles. The Morgan fingerprint density at radius 1 is 0.636 bits per heavy atom. The first kappa shape index (κ1) is 25.1. The van der Waals surface area contributed by atoms with Crippen molar-refractivity contribution in [3.05, 3.63) is 41.0 Å². The Labute approximate surface area is 196 Å². The molecule has 0 N–H and O–H groups in total. The normalized spacial score (nSPS) is 15.8. The Bertz CT molecular complexity index is 913. The van der Waals surface area contributed by atoms with E-state index in [2.05, 4.69) is 82.0 Å². The predicted octanol–water partition coefficient (Wildman–Crippen LogP) is 7.06. The summed E-state index contributed by atoms with van der Waals surface area (Å²) in [5.74, 6) is 5.33. The first-order valence-corrected chi connectivity index (χ1v) is 12.3. The van der Waals surface area contributed by atoms with Crippen molar-refractivity contribution in [2.75, 3.05) is 0 Å². The molecule has 4 atom stereocenters. The molecule has 4 unspecified atom stereocenters. The van der Waals surface area contributed by atoms with Crippen molar-refractivity contribution >= 4 is 0 Å². The third-order valence-electron chi connectivity index (χ3n) is 6.38. The fraction of sp³-hybridized carbons (Fsp3) is 0.720. The number of nitrogens with zero attached hydrogens (tertiary/aromatic N) is 5. The average Bonchev–Trinajstić information content (AvgIpc) is 3.55. The minimum atomic E-state index is 0.195. The SMILES string of the molecule is CC(C)c1cc(C(C)CCC(C)c2nc(C(C)CCC(C)c3nnc(C(C)C)o3)no2)on1. The van der Waals surface area contributed by atoms with Crippen molar-refractivity contribution in [2.45, 2.75) is 117 Å². The van der Waals surface area contributed by atoms with E-state index in [1.165, 1.54) is 0 Å². The van der Waals surface area contributed by atoms with Crippen LogP contribution in [-0.4, -0.2) is 25.5 Å². The van der Waals surface area contributed by atoms with Gasteiger partial charge in [-0.3, -0.25) is 0 Å². The molecule has 0 fully saturated rings. The van der Waals surface area contributed by atoms with E-state index in [0.717, 1.165) is 43.0 Å². The van der Waals surface area contributed by atoms with E-state index >= 15 is 0 Å². The van der Waals surface area contributed by atoms with Gasteiger partial charge in [-0.25, -0.2) is 0 Å². The van der Waals surface area contributed by atoms with Gasteiger partial charge in [-0.2, -0.15) is 4.98 Å². The molecule has 0 radical (unpaired) electrons. The van der Waals surface area contributed by atoms with Gasteiger partial charge in [-0.05, 0) is 31.6 Å². The number of aromatic nitrogens is 5. The molecule has 0 aliphatic rings. The highest BCUT2D eigenvalue weighted by atomic mass is 16.5. The largest absolute Gasteiger partial charge is 0.425 e. The van der Waals surface area contributed by atoms with Crippen molar-refractivity contribution in [1.82, 2.24) is 25.5 Å². The quantitative estimate of drug-likeness (QED) is 0.284. The topological polar surface area (TPSA) is 104 Å². The summed E-state index contributed by atoms with van der Waals surface area (Å²) in [5, 5.41) is 16.8. The first-order chi connectivity index (χ1) is 15.7. The number of hydrogen-bond acceptors (Lipinski definition) is 8. The van der Waals surface area contributed by atoms with Crippen molar-refractivity contribution in [3.8, 4) is 0 Å². The third-order valence-corrected chi connectivity index (χ3v) is 6.38. The van der Waals surface area contributed by atoms with Crippen molar-refractivity contribution < 1.29 is 13.5 Å². The van der Waals surface area contributed by atoms with E-state index in [0.29, 0.717) is 29.5 Å². The third kappa shape index (κ3) is 6.51. The summed E-state index contributed by atoms with van der Waals surface area (Å²) < 4.78 is 16.9. The molecule has 8 heteroatoms. The zero-order valence-electron chi connectivity index (χ0n) is 21.3. The van der Waals surface area contributed by atoms with Gasteiger partial charge in [0, 0.05) is 35.7 Å². The van der Waals surface area contributed by atoms with E-state index in [4.69, 9.17) is 18.4 Å². The van der Waals surface area contributed by atoms with Gasteiger partial charge in [0.15, 0.2) is 5.82 Å². The Hall–Kier alpha value is -2.51. The van der Waals surface area contributed by atoms with Gasteiger partial charge >= 0.3 is 0 Å². The summed E-state index contributed by atoms with van der Waals surface area (Å²) in [4.78, 5) is 4.70. The van der Waals surface area contributed by atoms with Crippen LogP contribution in [0.25, 0.3) is 0 Å². The van der Waals surface area contributed by atoms with Crippen LogP contribution in [0.1, 0.15) is 152 Å². The molecule has 182 valence electrons. The van der Waals surface area contributed by atoms with Crippen LogP contribution in [0.5, 0.6) is 0 Å². The van der Waals surface area contributed by atoms with Crippen LogP contribution >= 0.6 is 0 Å². The molecule has 8 nitrogen and oxygen atoms in total. The van der Waals surface area contributed by atoms with E-state index in [1.807, 2.05) is 0 Å². The maximum absolute atomic E-state index is 5.79. The lowest BCUT2D eigenvalue weighted by Crippen LogP contribution is -2.02. The van der Waals surface area contributed by atoms with Gasteiger partial charge in [-0.15, -0.1) is 10.2 Å². The van der Waals surface area contributed by atoms with Crippen molar-refractivity contribution in [2.24, 2.45) is 0 Å². The second-order valence-corrected chi connectivity index (χ2v) is 10.2. The highest BCUT2D eigenvalue weighted by Gasteiger charge is 2.22. The second-order valence-electron chi connectivity index (χ2n) is 10.2. The molecule has 3 heterocycles. The van der Waals surface area contributed by atoms with E-state index in [-0.39, 0.29) is 23.7 Å². The maximum Gasteiger partial charge on any atom is 0.229 e. The summed E-state index contributed by atoms with van der Waals surface area (Å²) in [6, 6.07) is 2.07. The van der Waals surface area contributed by atoms with Crippen LogP contribution in [0, 0.1) is 0 Å². The van der Waals surface area contributed by atoms with Gasteiger partial charge < -0.3 is 13.5 Å². The summed E-state index contributed by atoms with van der Waals surface area (Å²) >= 11 is 0. The fourth-order valence-electron chi connectivity index (χ4n) is 3.65. The molecule has 3 aromatic rings. The van der Waals surface area contributed by atoms with Crippen molar-refractivity contribution in [1.29, 1.82) is 0 Å². The molecular formula is C25H39N5O3. The highest BCUT2D eigenvalue weighted by Crippen LogP contribution is 2.30. The van der Waals surface area contributed by atoms with Gasteiger partial charge in [0.25, 0.3) is 0 Å². The summed E-state index contributed by atoms with van der Waals surface area (Å²) in [5.41, 5.74) is 1.01. The summed E-state index contributed by atoms with van der Waals surface area (Å²) in [6.07, 6.45) is 3.77. The zero-order chi connectivity index (χ0) is 24.1. The molecule has 3 aromatic heterocycles. The predicted molar refractivity (Wildman–Crippen MR) is 125 cm³/mol. The van der Waals surface area contributed by atoms with Crippen LogP contribution < -0.4 is 0 Å². The molecule has 0 amide bonds. The minimum absolute atomic E-state index is 0.195. The molecule has 0 aliphatic heterocycles. The first-order valence-electron chi connectivity index (χ1n) is 12.3. The molecular weight excluding hydrogens is 418 g/mol. The Kier molecular flexibility index (Phi) is 8.43. The lowest BCUT2D eigenvalue weighted by atomic mass is 9.95. The molecule has 0 bridgehead atoms. The van der Waals surface area contributed by atoms with E-state index in [1.54, 1.807) is 0 Å². The van der Waals surface area contributed by atoms with E-state index in [9.17, 15) is 0 Å². The van der Waals surface area contributed by atoms with Crippen LogP contribution in [0.4, 0.5) is 0 Å². The lowest BCUT2D eigenvalue weighted by molar-refractivity contribution is 0.329. The maximum atomic E-state index is 5.79. The molecule has 33 heavy (non-hydrogen) atoms. The van der Waals surface area contributed by atoms with Gasteiger partial charge in [0.05, 0.1) is 5.69 Å². The van der Waals surface area contributed by atoms with Gasteiger partial charge in [0.1, 0.15) is 5.76 Å². The Balaban J connectivity index is 1.48. The van der Waals surface area contributed by atoms with E-state index < -0.39 is 0 Å². The second kappa shape index (κ2) is 11.1. The fourth-order valence-corrected chi connectivity index (χ4v) is 3.65. The zero-order valence-corrected chi connectivity index (χ0v) is 21.3. The number of hydrogen-bond donors (Lipinski definition) is 0. The molecule has 0 saturated heterocycles. The Morgan fingerprint density at radius 2 is 1.24 bits per heavy atom. The average molecular weight is 458 g/mol. The summed E-state index contributed by atoms with van der Waals surface area (Å²) in [7, 11) is 0. The Morgan fingerprint density at radius 3 is 1.85 bits per heavy atom. The smallest absolute Gasteiger partial charge is 0.229 e. The molecule has 0 spiro atoms. The standard InChI is InChI=1S/C25H39N5O3/c1-14(2)20-13-21(32-29-20)16(5)9-11-18(7)24-26-22(30-33-24)17(6)10-12-19(8)25-28-27-23(31-25)15(3)4/h13-19H,9-12H2,1-8H3. The highest BCUT2D eigenvalue weighted by molar-refractivity contribution is 5.12. The van der Waals surface area contributed by atoms with Gasteiger partial charge in [-0.1, -0.05) is 65.7 Å². The molecule has 0 aromatic carbocycles. The summed E-state index contributed by atoms with van der Waals surface area (Å²) in [6.45, 7) is 16.9. The minimum Gasteiger partial charge on any atom is -0.425 e.